The standard InChI is InChI=1S/C19H26N2/c1-21(2)12-17-13-3-5-14(6-4-13)19(17)16-7-8-18-15(11-16)9-10-20-18/h7-11,13-14,17,19-20H,3-6,12H2,1-2H3. The van der Waals surface area contributed by atoms with Crippen LogP contribution in [0.5, 0.6) is 0 Å². The van der Waals surface area contributed by atoms with Crippen molar-refractivity contribution in [1.29, 1.82) is 0 Å². The molecule has 0 radical (unpaired) electrons. The summed E-state index contributed by atoms with van der Waals surface area (Å²) in [6, 6.07) is 9.31. The van der Waals surface area contributed by atoms with Gasteiger partial charge in [0.05, 0.1) is 0 Å². The van der Waals surface area contributed by atoms with Crippen molar-refractivity contribution in [2.24, 2.45) is 17.8 Å². The largest absolute Gasteiger partial charge is 0.361 e. The molecule has 1 aromatic carbocycles. The Balaban J connectivity index is 1.72. The molecule has 0 aliphatic heterocycles. The van der Waals surface area contributed by atoms with Gasteiger partial charge in [-0.2, -0.15) is 0 Å². The Labute approximate surface area is 127 Å². The van der Waals surface area contributed by atoms with E-state index in [2.05, 4.69) is 54.4 Å². The zero-order chi connectivity index (χ0) is 14.4. The summed E-state index contributed by atoms with van der Waals surface area (Å²) in [6.45, 7) is 1.25. The molecule has 2 aromatic rings. The topological polar surface area (TPSA) is 19.0 Å². The van der Waals surface area contributed by atoms with Crippen LogP contribution in [0.3, 0.4) is 0 Å². The normalized spacial score (nSPS) is 32.1. The van der Waals surface area contributed by atoms with Crippen LogP contribution in [-0.2, 0) is 0 Å². The lowest BCUT2D eigenvalue weighted by Crippen LogP contribution is -2.43. The van der Waals surface area contributed by atoms with Crippen LogP contribution < -0.4 is 0 Å². The number of aromatic nitrogens is 1. The molecule has 3 saturated carbocycles. The van der Waals surface area contributed by atoms with Crippen LogP contribution in [0.4, 0.5) is 0 Å². The number of hydrogen-bond donors (Lipinski definition) is 1. The van der Waals surface area contributed by atoms with Gasteiger partial charge in [-0.05, 0) is 92.6 Å². The van der Waals surface area contributed by atoms with E-state index in [1.807, 2.05) is 0 Å². The summed E-state index contributed by atoms with van der Waals surface area (Å²) in [5, 5.41) is 1.37. The van der Waals surface area contributed by atoms with Gasteiger partial charge in [0.25, 0.3) is 0 Å². The predicted octanol–water partition coefficient (Wildman–Crippen LogP) is 4.25. The zero-order valence-corrected chi connectivity index (χ0v) is 13.2. The number of benzene rings is 1. The Morgan fingerprint density at radius 2 is 1.81 bits per heavy atom. The van der Waals surface area contributed by atoms with E-state index in [9.17, 15) is 0 Å². The molecule has 2 nitrogen and oxygen atoms in total. The quantitative estimate of drug-likeness (QED) is 0.891. The third-order valence-electron chi connectivity index (χ3n) is 5.93. The summed E-state index contributed by atoms with van der Waals surface area (Å²) in [7, 11) is 4.46. The van der Waals surface area contributed by atoms with Gasteiger partial charge in [-0.25, -0.2) is 0 Å². The molecule has 5 rings (SSSR count). The predicted molar refractivity (Wildman–Crippen MR) is 88.5 cm³/mol. The molecule has 3 aliphatic carbocycles. The summed E-state index contributed by atoms with van der Waals surface area (Å²) in [6.07, 6.45) is 7.88. The molecular weight excluding hydrogens is 256 g/mol. The molecule has 0 spiro atoms. The van der Waals surface area contributed by atoms with Gasteiger partial charge in [0, 0.05) is 18.3 Å². The Bertz CT molecular complexity index is 619. The molecule has 0 saturated heterocycles. The summed E-state index contributed by atoms with van der Waals surface area (Å²) in [5.74, 6) is 3.49. The highest BCUT2D eigenvalue weighted by atomic mass is 15.1. The minimum Gasteiger partial charge on any atom is -0.361 e. The molecular formula is C19H26N2. The highest BCUT2D eigenvalue weighted by molar-refractivity contribution is 5.80. The van der Waals surface area contributed by atoms with Crippen molar-refractivity contribution in [2.45, 2.75) is 31.6 Å². The van der Waals surface area contributed by atoms with Gasteiger partial charge in [0.2, 0.25) is 0 Å². The molecule has 2 unspecified atom stereocenters. The van der Waals surface area contributed by atoms with Crippen molar-refractivity contribution in [1.82, 2.24) is 9.88 Å². The van der Waals surface area contributed by atoms with Gasteiger partial charge in [0.15, 0.2) is 0 Å². The Hall–Kier alpha value is -1.28. The van der Waals surface area contributed by atoms with Crippen LogP contribution in [0.1, 0.15) is 37.2 Å². The van der Waals surface area contributed by atoms with Crippen molar-refractivity contribution in [3.63, 3.8) is 0 Å². The highest BCUT2D eigenvalue weighted by Gasteiger charge is 2.44. The number of nitrogens with one attached hydrogen (secondary N) is 1. The maximum absolute atomic E-state index is 3.32. The van der Waals surface area contributed by atoms with E-state index in [1.54, 1.807) is 5.56 Å². The fourth-order valence-corrected chi connectivity index (χ4v) is 5.06. The molecule has 0 amide bonds. The first-order chi connectivity index (χ1) is 10.2. The van der Waals surface area contributed by atoms with E-state index >= 15 is 0 Å². The molecule has 2 atom stereocenters. The van der Waals surface area contributed by atoms with Crippen LogP contribution in [0.25, 0.3) is 10.9 Å². The molecule has 112 valence electrons. The van der Waals surface area contributed by atoms with E-state index in [0.717, 1.165) is 23.7 Å². The minimum absolute atomic E-state index is 0.777. The first-order valence-electron chi connectivity index (χ1n) is 8.44. The SMILES string of the molecule is CN(C)CC1C2CCC(CC2)C1c1ccc2[nH]ccc2c1. The van der Waals surface area contributed by atoms with Crippen LogP contribution >= 0.6 is 0 Å². The Morgan fingerprint density at radius 3 is 2.57 bits per heavy atom. The molecule has 1 heterocycles. The summed E-state index contributed by atoms with van der Waals surface area (Å²) in [5.41, 5.74) is 2.85. The number of aromatic amines is 1. The first kappa shape index (κ1) is 13.4. The summed E-state index contributed by atoms with van der Waals surface area (Å²) < 4.78 is 0. The Kier molecular flexibility index (Phi) is 3.30. The van der Waals surface area contributed by atoms with E-state index in [4.69, 9.17) is 0 Å². The average Bonchev–Trinajstić information content (AvgIpc) is 2.95. The van der Waals surface area contributed by atoms with Gasteiger partial charge in [-0.3, -0.25) is 0 Å². The van der Waals surface area contributed by atoms with Crippen LogP contribution in [0.15, 0.2) is 30.5 Å². The number of fused-ring (bicyclic) bond motifs is 4. The maximum Gasteiger partial charge on any atom is 0.0454 e. The van der Waals surface area contributed by atoms with Crippen molar-refractivity contribution in [3.8, 4) is 0 Å². The number of nitrogens with zero attached hydrogens (tertiary/aromatic N) is 1. The lowest BCUT2D eigenvalue weighted by atomic mass is 9.57. The van der Waals surface area contributed by atoms with Gasteiger partial charge in [-0.15, -0.1) is 0 Å². The average molecular weight is 282 g/mol. The molecule has 2 heteroatoms. The van der Waals surface area contributed by atoms with Crippen LogP contribution in [0, 0.1) is 17.8 Å². The molecule has 1 N–H and O–H groups in total. The van der Waals surface area contributed by atoms with Gasteiger partial charge < -0.3 is 9.88 Å². The third-order valence-corrected chi connectivity index (χ3v) is 5.93. The summed E-state index contributed by atoms with van der Waals surface area (Å²) >= 11 is 0. The smallest absolute Gasteiger partial charge is 0.0454 e. The van der Waals surface area contributed by atoms with E-state index in [-0.39, 0.29) is 0 Å². The van der Waals surface area contributed by atoms with Gasteiger partial charge in [0.1, 0.15) is 0 Å². The Morgan fingerprint density at radius 1 is 1.05 bits per heavy atom. The van der Waals surface area contributed by atoms with E-state index in [0.29, 0.717) is 0 Å². The maximum atomic E-state index is 3.32. The fourth-order valence-electron chi connectivity index (χ4n) is 5.06. The second-order valence-electron chi connectivity index (χ2n) is 7.45. The molecule has 3 aliphatic rings. The lowest BCUT2D eigenvalue weighted by Gasteiger charge is -2.50. The number of rotatable bonds is 3. The molecule has 21 heavy (non-hydrogen) atoms. The van der Waals surface area contributed by atoms with Crippen LogP contribution in [0.2, 0.25) is 0 Å². The van der Waals surface area contributed by atoms with Gasteiger partial charge >= 0.3 is 0 Å². The first-order valence-corrected chi connectivity index (χ1v) is 8.44. The summed E-state index contributed by atoms with van der Waals surface area (Å²) in [4.78, 5) is 5.71. The van der Waals surface area contributed by atoms with Gasteiger partial charge in [-0.1, -0.05) is 6.07 Å². The monoisotopic (exact) mass is 282 g/mol. The molecule has 3 fully saturated rings. The number of H-pyrrole nitrogens is 1. The second kappa shape index (κ2) is 5.17. The number of hydrogen-bond acceptors (Lipinski definition) is 1. The van der Waals surface area contributed by atoms with E-state index < -0.39 is 0 Å². The van der Waals surface area contributed by atoms with Crippen molar-refractivity contribution >= 4 is 10.9 Å². The highest BCUT2D eigenvalue weighted by Crippen LogP contribution is 2.53. The minimum atomic E-state index is 0.777. The van der Waals surface area contributed by atoms with Crippen molar-refractivity contribution < 1.29 is 0 Å². The molecule has 2 bridgehead atoms. The van der Waals surface area contributed by atoms with E-state index in [1.165, 1.54) is 43.1 Å². The van der Waals surface area contributed by atoms with Crippen molar-refractivity contribution in [2.75, 3.05) is 20.6 Å². The lowest BCUT2D eigenvalue weighted by molar-refractivity contribution is 0.0507. The fraction of sp³-hybridized carbons (Fsp3) is 0.579. The second-order valence-corrected chi connectivity index (χ2v) is 7.45. The third kappa shape index (κ3) is 2.30. The zero-order valence-electron chi connectivity index (χ0n) is 13.2. The van der Waals surface area contributed by atoms with Crippen molar-refractivity contribution in [3.05, 3.63) is 36.0 Å². The van der Waals surface area contributed by atoms with Crippen LogP contribution in [-0.4, -0.2) is 30.5 Å². The molecule has 1 aromatic heterocycles.